The summed E-state index contributed by atoms with van der Waals surface area (Å²) < 4.78 is 11.1. The zero-order valence-corrected chi connectivity index (χ0v) is 15.1. The Hall–Kier alpha value is -3.31. The lowest BCUT2D eigenvalue weighted by Crippen LogP contribution is -2.37. The summed E-state index contributed by atoms with van der Waals surface area (Å²) in [5, 5.41) is 13.4. The van der Waals surface area contributed by atoms with Crippen LogP contribution in [0.3, 0.4) is 0 Å². The van der Waals surface area contributed by atoms with E-state index in [1.165, 1.54) is 11.2 Å². The number of rotatable bonds is 6. The van der Waals surface area contributed by atoms with Crippen LogP contribution in [0, 0.1) is 18.3 Å². The molecule has 0 unspecified atom stereocenters. The number of nitrogens with zero attached hydrogens (tertiary/aromatic N) is 4. The fourth-order valence-electron chi connectivity index (χ4n) is 2.48. The number of nitriles is 1. The fraction of sp³-hybridized carbons (Fsp3) is 0.222. The van der Waals surface area contributed by atoms with Crippen LogP contribution in [0.2, 0.25) is 5.02 Å². The Labute approximate surface area is 159 Å². The molecule has 0 aliphatic heterocycles. The Morgan fingerprint density at radius 1 is 1.41 bits per heavy atom. The van der Waals surface area contributed by atoms with Gasteiger partial charge in [0.1, 0.15) is 6.54 Å². The molecule has 2 aromatic heterocycles. The molecule has 27 heavy (non-hydrogen) atoms. The van der Waals surface area contributed by atoms with Crippen LogP contribution in [0.1, 0.15) is 12.0 Å². The maximum atomic E-state index is 12.8. The number of carbonyl (C=O) groups is 1. The van der Waals surface area contributed by atoms with Gasteiger partial charge in [-0.1, -0.05) is 11.6 Å². The first-order valence-corrected chi connectivity index (χ1v) is 8.42. The maximum Gasteiger partial charge on any atom is 0.437 e. The minimum atomic E-state index is -0.776. The maximum absolute atomic E-state index is 12.8. The van der Waals surface area contributed by atoms with Gasteiger partial charge in [0.25, 0.3) is 5.89 Å². The Kier molecular flexibility index (Phi) is 5.43. The third kappa shape index (κ3) is 4.10. The molecule has 0 aliphatic carbocycles. The molecule has 138 valence electrons. The van der Waals surface area contributed by atoms with Gasteiger partial charge in [0.2, 0.25) is 5.91 Å². The second-order valence-electron chi connectivity index (χ2n) is 5.70. The average molecular weight is 387 g/mol. The van der Waals surface area contributed by atoms with Gasteiger partial charge < -0.3 is 13.7 Å². The topological polar surface area (TPSA) is 105 Å². The number of carbonyl (C=O) groups excluding carboxylic acids is 1. The Morgan fingerprint density at radius 2 is 2.22 bits per heavy atom. The number of hydrogen-bond acceptors (Lipinski definition) is 6. The Bertz CT molecular complexity index is 1050. The lowest BCUT2D eigenvalue weighted by atomic mass is 10.2. The standard InChI is InChI=1S/C18H15ClN4O4/c1-12-10-13(5-6-14(12)19)22(8-3-7-20)16(24)11-23-18(25)27-17(21-23)15-4-2-9-26-15/h2,4-6,9-10H,3,8,11H2,1H3. The van der Waals surface area contributed by atoms with Crippen molar-refractivity contribution in [2.75, 3.05) is 11.4 Å². The first-order valence-electron chi connectivity index (χ1n) is 8.05. The molecule has 1 aromatic carbocycles. The predicted octanol–water partition coefficient (Wildman–Crippen LogP) is 3.01. The van der Waals surface area contributed by atoms with Crippen molar-refractivity contribution in [3.63, 3.8) is 0 Å². The van der Waals surface area contributed by atoms with E-state index in [-0.39, 0.29) is 31.2 Å². The van der Waals surface area contributed by atoms with Crippen molar-refractivity contribution < 1.29 is 13.6 Å². The number of amides is 1. The summed E-state index contributed by atoms with van der Waals surface area (Å²) in [6, 6.07) is 10.3. The van der Waals surface area contributed by atoms with Crippen molar-refractivity contribution in [2.24, 2.45) is 0 Å². The first kappa shape index (κ1) is 18.5. The van der Waals surface area contributed by atoms with E-state index < -0.39 is 11.7 Å². The lowest BCUT2D eigenvalue weighted by molar-refractivity contribution is -0.119. The monoisotopic (exact) mass is 386 g/mol. The molecule has 0 radical (unpaired) electrons. The summed E-state index contributed by atoms with van der Waals surface area (Å²) in [6.07, 6.45) is 1.56. The third-order valence-electron chi connectivity index (χ3n) is 3.82. The quantitative estimate of drug-likeness (QED) is 0.644. The molecule has 2 heterocycles. The molecule has 0 atom stereocenters. The van der Waals surface area contributed by atoms with E-state index in [9.17, 15) is 9.59 Å². The fourth-order valence-corrected chi connectivity index (χ4v) is 2.59. The highest BCUT2D eigenvalue weighted by Crippen LogP contribution is 2.23. The molecule has 0 aliphatic rings. The van der Waals surface area contributed by atoms with Crippen LogP contribution in [0.15, 0.2) is 50.2 Å². The summed E-state index contributed by atoms with van der Waals surface area (Å²) in [4.78, 5) is 26.2. The molecular weight excluding hydrogens is 372 g/mol. The van der Waals surface area contributed by atoms with Crippen molar-refractivity contribution in [3.8, 4) is 17.7 Å². The van der Waals surface area contributed by atoms with Crippen LogP contribution in [0.4, 0.5) is 5.69 Å². The van der Waals surface area contributed by atoms with E-state index in [1.54, 1.807) is 30.3 Å². The molecular formula is C18H15ClN4O4. The summed E-state index contributed by atoms with van der Waals surface area (Å²) in [5.74, 6) is -0.910. The molecule has 0 bridgehead atoms. The van der Waals surface area contributed by atoms with Crippen molar-refractivity contribution in [3.05, 3.63) is 57.7 Å². The number of halogens is 1. The minimum absolute atomic E-state index is 0.0105. The molecule has 1 amide bonds. The normalized spacial score (nSPS) is 10.6. The summed E-state index contributed by atoms with van der Waals surface area (Å²) in [7, 11) is 0. The molecule has 0 saturated heterocycles. The summed E-state index contributed by atoms with van der Waals surface area (Å²) in [5.41, 5.74) is 1.38. The number of anilines is 1. The molecule has 3 aromatic rings. The SMILES string of the molecule is Cc1cc(N(CCC#N)C(=O)Cn2nc(-c3ccco3)oc2=O)ccc1Cl. The second-order valence-corrected chi connectivity index (χ2v) is 6.10. The Morgan fingerprint density at radius 3 is 2.89 bits per heavy atom. The van der Waals surface area contributed by atoms with Crippen LogP contribution in [-0.4, -0.2) is 22.2 Å². The zero-order valence-electron chi connectivity index (χ0n) is 14.4. The molecule has 0 saturated carbocycles. The average Bonchev–Trinajstić information content (AvgIpc) is 3.29. The van der Waals surface area contributed by atoms with E-state index in [4.69, 9.17) is 25.7 Å². The van der Waals surface area contributed by atoms with Gasteiger partial charge in [-0.15, -0.1) is 5.10 Å². The highest BCUT2D eigenvalue weighted by Gasteiger charge is 2.20. The van der Waals surface area contributed by atoms with E-state index in [1.807, 2.05) is 13.0 Å². The van der Waals surface area contributed by atoms with Gasteiger partial charge in [0.05, 0.1) is 18.8 Å². The van der Waals surface area contributed by atoms with Gasteiger partial charge in [-0.05, 0) is 42.8 Å². The molecule has 8 nitrogen and oxygen atoms in total. The first-order chi connectivity index (χ1) is 13.0. The summed E-state index contributed by atoms with van der Waals surface area (Å²) >= 11 is 6.04. The number of benzene rings is 1. The Balaban J connectivity index is 1.85. The predicted molar refractivity (Wildman–Crippen MR) is 97.2 cm³/mol. The largest absolute Gasteiger partial charge is 0.459 e. The molecule has 3 rings (SSSR count). The van der Waals surface area contributed by atoms with Crippen LogP contribution in [-0.2, 0) is 11.3 Å². The van der Waals surface area contributed by atoms with Crippen LogP contribution < -0.4 is 10.7 Å². The smallest absolute Gasteiger partial charge is 0.437 e. The number of aryl methyl sites for hydroxylation is 1. The van der Waals surface area contributed by atoms with Gasteiger partial charge in [-0.3, -0.25) is 4.79 Å². The van der Waals surface area contributed by atoms with Gasteiger partial charge in [-0.2, -0.15) is 9.94 Å². The van der Waals surface area contributed by atoms with Crippen LogP contribution in [0.25, 0.3) is 11.7 Å². The van der Waals surface area contributed by atoms with Crippen molar-refractivity contribution in [1.29, 1.82) is 5.26 Å². The van der Waals surface area contributed by atoms with Gasteiger partial charge in [0, 0.05) is 17.3 Å². The van der Waals surface area contributed by atoms with E-state index >= 15 is 0 Å². The van der Waals surface area contributed by atoms with Crippen molar-refractivity contribution in [1.82, 2.24) is 9.78 Å². The van der Waals surface area contributed by atoms with Crippen LogP contribution in [0.5, 0.6) is 0 Å². The van der Waals surface area contributed by atoms with Gasteiger partial charge >= 0.3 is 5.76 Å². The van der Waals surface area contributed by atoms with E-state index in [0.29, 0.717) is 10.7 Å². The van der Waals surface area contributed by atoms with E-state index in [0.717, 1.165) is 10.2 Å². The molecule has 0 fully saturated rings. The van der Waals surface area contributed by atoms with Gasteiger partial charge in [-0.25, -0.2) is 4.79 Å². The van der Waals surface area contributed by atoms with Gasteiger partial charge in [0.15, 0.2) is 5.76 Å². The highest BCUT2D eigenvalue weighted by molar-refractivity contribution is 6.31. The lowest BCUT2D eigenvalue weighted by Gasteiger charge is -2.22. The number of hydrogen-bond donors (Lipinski definition) is 0. The highest BCUT2D eigenvalue weighted by atomic mass is 35.5. The van der Waals surface area contributed by atoms with Crippen molar-refractivity contribution >= 4 is 23.2 Å². The number of aromatic nitrogens is 2. The summed E-state index contributed by atoms with van der Waals surface area (Å²) in [6.45, 7) is 1.65. The third-order valence-corrected chi connectivity index (χ3v) is 4.25. The van der Waals surface area contributed by atoms with E-state index in [2.05, 4.69) is 5.10 Å². The van der Waals surface area contributed by atoms with Crippen molar-refractivity contribution in [2.45, 2.75) is 19.9 Å². The zero-order chi connectivity index (χ0) is 19.4. The van der Waals surface area contributed by atoms with Crippen LogP contribution >= 0.6 is 11.6 Å². The number of furan rings is 1. The second kappa shape index (κ2) is 7.93. The minimum Gasteiger partial charge on any atom is -0.459 e. The molecule has 0 N–H and O–H groups in total. The molecule has 0 spiro atoms. The molecule has 9 heteroatoms.